The van der Waals surface area contributed by atoms with E-state index in [1.165, 1.54) is 38.5 Å². The van der Waals surface area contributed by atoms with Crippen molar-refractivity contribution in [2.24, 2.45) is 0 Å². The largest absolute Gasteiger partial charge is 0.296 e. The first kappa shape index (κ1) is 20.7. The maximum Gasteiger partial charge on any atom is 0.296 e. The zero-order valence-corrected chi connectivity index (χ0v) is 16.5. The summed E-state index contributed by atoms with van der Waals surface area (Å²) in [6.07, 6.45) is 10.7. The van der Waals surface area contributed by atoms with Gasteiger partial charge in [-0.05, 0) is 31.9 Å². The molecule has 3 nitrogen and oxygen atoms in total. The van der Waals surface area contributed by atoms with Crippen LogP contribution in [0.5, 0.6) is 0 Å². The summed E-state index contributed by atoms with van der Waals surface area (Å²) in [7, 11) is -3.59. The van der Waals surface area contributed by atoms with Gasteiger partial charge in [-0.15, -0.1) is 0 Å². The van der Waals surface area contributed by atoms with E-state index in [4.69, 9.17) is 4.18 Å². The highest BCUT2D eigenvalue weighted by molar-refractivity contribution is 9.09. The van der Waals surface area contributed by atoms with Gasteiger partial charge in [0.15, 0.2) is 0 Å². The van der Waals surface area contributed by atoms with Crippen LogP contribution in [-0.4, -0.2) is 20.4 Å². The molecule has 0 aliphatic rings. The second kappa shape index (κ2) is 12.0. The van der Waals surface area contributed by atoms with Crippen LogP contribution in [0, 0.1) is 6.92 Å². The molecule has 1 aromatic carbocycles. The van der Waals surface area contributed by atoms with Crippen LogP contribution < -0.4 is 0 Å². The van der Waals surface area contributed by atoms with Crippen molar-refractivity contribution in [2.45, 2.75) is 69.6 Å². The number of halogens is 1. The fourth-order valence-electron chi connectivity index (χ4n) is 2.38. The van der Waals surface area contributed by atoms with Crippen molar-refractivity contribution in [1.29, 1.82) is 0 Å². The molecule has 0 amide bonds. The molecule has 0 aromatic heterocycles. The highest BCUT2D eigenvalue weighted by Crippen LogP contribution is 2.15. The number of hydrogen-bond acceptors (Lipinski definition) is 3. The number of alkyl halides is 1. The van der Waals surface area contributed by atoms with Gasteiger partial charge < -0.3 is 0 Å². The zero-order valence-electron chi connectivity index (χ0n) is 14.1. The second-order valence-corrected chi connectivity index (χ2v) is 8.37. The lowest BCUT2D eigenvalue weighted by Gasteiger charge is -2.06. The van der Waals surface area contributed by atoms with Crippen molar-refractivity contribution in [3.63, 3.8) is 0 Å². The van der Waals surface area contributed by atoms with Crippen LogP contribution in [0.25, 0.3) is 0 Å². The van der Waals surface area contributed by atoms with Crippen molar-refractivity contribution in [2.75, 3.05) is 11.9 Å². The van der Waals surface area contributed by atoms with Gasteiger partial charge in [-0.25, -0.2) is 0 Å². The third kappa shape index (κ3) is 9.48. The van der Waals surface area contributed by atoms with Crippen molar-refractivity contribution < 1.29 is 12.6 Å². The molecule has 0 saturated heterocycles. The molecule has 0 N–H and O–H groups in total. The smallest absolute Gasteiger partial charge is 0.266 e. The minimum absolute atomic E-state index is 0.242. The molecule has 0 bridgehead atoms. The molecule has 23 heavy (non-hydrogen) atoms. The molecule has 0 atom stereocenters. The standard InChI is InChI=1S/C18H29BrO3S/c1-17-11-13-18(14-12-17)23(20,21)22-16-10-8-6-4-2-3-5-7-9-15-19/h11-14H,2-10,15-16H2,1H3. The number of aryl methyl sites for hydroxylation is 1. The summed E-state index contributed by atoms with van der Waals surface area (Å²) < 4.78 is 29.1. The SMILES string of the molecule is Cc1ccc(S(=O)(=O)OCCCCCCCCCCCBr)cc1. The fourth-order valence-corrected chi connectivity index (χ4v) is 3.71. The van der Waals surface area contributed by atoms with Gasteiger partial charge in [0.05, 0.1) is 11.5 Å². The van der Waals surface area contributed by atoms with Gasteiger partial charge in [0.2, 0.25) is 0 Å². The first-order chi connectivity index (χ1) is 11.1. The van der Waals surface area contributed by atoms with E-state index in [-0.39, 0.29) is 11.5 Å². The predicted octanol–water partition coefficient (Wildman–Crippen LogP) is 5.61. The lowest BCUT2D eigenvalue weighted by atomic mass is 10.1. The molecule has 0 heterocycles. The lowest BCUT2D eigenvalue weighted by molar-refractivity contribution is 0.306. The molecule has 132 valence electrons. The van der Waals surface area contributed by atoms with E-state index >= 15 is 0 Å². The first-order valence-electron chi connectivity index (χ1n) is 8.58. The number of unbranched alkanes of at least 4 members (excludes halogenated alkanes) is 8. The summed E-state index contributed by atoms with van der Waals surface area (Å²) >= 11 is 3.44. The Kier molecular flexibility index (Phi) is 10.8. The zero-order chi connectivity index (χ0) is 17.0. The molecule has 1 aromatic rings. The number of rotatable bonds is 13. The molecule has 0 fully saturated rings. The van der Waals surface area contributed by atoms with Gasteiger partial charge in [-0.1, -0.05) is 78.6 Å². The average Bonchev–Trinajstić information content (AvgIpc) is 2.53. The molecule has 0 unspecified atom stereocenters. The molecular weight excluding hydrogens is 376 g/mol. The number of benzene rings is 1. The fraction of sp³-hybridized carbons (Fsp3) is 0.667. The van der Waals surface area contributed by atoms with Gasteiger partial charge in [0, 0.05) is 5.33 Å². The van der Waals surface area contributed by atoms with Crippen molar-refractivity contribution in [3.8, 4) is 0 Å². The highest BCUT2D eigenvalue weighted by atomic mass is 79.9. The van der Waals surface area contributed by atoms with E-state index < -0.39 is 10.1 Å². The van der Waals surface area contributed by atoms with Crippen LogP contribution in [0.15, 0.2) is 29.2 Å². The van der Waals surface area contributed by atoms with E-state index in [2.05, 4.69) is 15.9 Å². The first-order valence-corrected chi connectivity index (χ1v) is 11.1. The lowest BCUT2D eigenvalue weighted by Crippen LogP contribution is -2.07. The Bertz CT molecular complexity index is 512. The van der Waals surface area contributed by atoms with E-state index in [9.17, 15) is 8.42 Å². The minimum Gasteiger partial charge on any atom is -0.266 e. The summed E-state index contributed by atoms with van der Waals surface area (Å²) in [5, 5.41) is 1.11. The summed E-state index contributed by atoms with van der Waals surface area (Å²) in [5.74, 6) is 0. The van der Waals surface area contributed by atoms with E-state index in [1.54, 1.807) is 24.3 Å². The number of hydrogen-bond donors (Lipinski definition) is 0. The monoisotopic (exact) mass is 404 g/mol. The topological polar surface area (TPSA) is 43.4 Å². The van der Waals surface area contributed by atoms with Crippen molar-refractivity contribution >= 4 is 26.0 Å². The van der Waals surface area contributed by atoms with Crippen LogP contribution in [0.2, 0.25) is 0 Å². The van der Waals surface area contributed by atoms with Gasteiger partial charge >= 0.3 is 0 Å². The Morgan fingerprint density at radius 3 is 1.83 bits per heavy atom. The second-order valence-electron chi connectivity index (χ2n) is 5.96. The van der Waals surface area contributed by atoms with Gasteiger partial charge in [0.1, 0.15) is 0 Å². The maximum absolute atomic E-state index is 12.0. The molecule has 5 heteroatoms. The Labute approximate surface area is 150 Å². The minimum atomic E-state index is -3.59. The van der Waals surface area contributed by atoms with Crippen LogP contribution in [0.4, 0.5) is 0 Å². The van der Waals surface area contributed by atoms with Crippen LogP contribution in [0.1, 0.15) is 63.4 Å². The third-order valence-corrected chi connectivity index (χ3v) is 5.71. The van der Waals surface area contributed by atoms with Crippen LogP contribution >= 0.6 is 15.9 Å². The normalized spacial score (nSPS) is 11.7. The molecular formula is C18H29BrO3S. The highest BCUT2D eigenvalue weighted by Gasteiger charge is 2.14. The maximum atomic E-state index is 12.0. The average molecular weight is 405 g/mol. The van der Waals surface area contributed by atoms with Crippen molar-refractivity contribution in [1.82, 2.24) is 0 Å². The van der Waals surface area contributed by atoms with Crippen LogP contribution in [0.3, 0.4) is 0 Å². The Morgan fingerprint density at radius 2 is 1.30 bits per heavy atom. The molecule has 0 spiro atoms. The summed E-state index contributed by atoms with van der Waals surface area (Å²) in [6.45, 7) is 2.21. The van der Waals surface area contributed by atoms with Gasteiger partial charge in [-0.3, -0.25) is 4.18 Å². The Balaban J connectivity index is 2.05. The van der Waals surface area contributed by atoms with Crippen molar-refractivity contribution in [3.05, 3.63) is 29.8 Å². The molecule has 0 aliphatic heterocycles. The molecule has 1 rings (SSSR count). The molecule has 0 saturated carbocycles. The molecule has 0 aliphatic carbocycles. The Hall–Kier alpha value is -0.390. The van der Waals surface area contributed by atoms with Gasteiger partial charge in [-0.2, -0.15) is 8.42 Å². The quantitative estimate of drug-likeness (QED) is 0.244. The van der Waals surface area contributed by atoms with E-state index in [0.717, 1.165) is 30.2 Å². The van der Waals surface area contributed by atoms with E-state index in [0.29, 0.717) is 0 Å². The summed E-state index contributed by atoms with van der Waals surface area (Å²) in [5.41, 5.74) is 1.04. The van der Waals surface area contributed by atoms with Gasteiger partial charge in [0.25, 0.3) is 10.1 Å². The Morgan fingerprint density at radius 1 is 0.826 bits per heavy atom. The van der Waals surface area contributed by atoms with Crippen LogP contribution in [-0.2, 0) is 14.3 Å². The summed E-state index contributed by atoms with van der Waals surface area (Å²) in [6, 6.07) is 6.77. The third-order valence-electron chi connectivity index (χ3n) is 3.83. The predicted molar refractivity (Wildman–Crippen MR) is 99.7 cm³/mol. The summed E-state index contributed by atoms with van der Waals surface area (Å²) in [4.78, 5) is 0.242. The van der Waals surface area contributed by atoms with E-state index in [1.807, 2.05) is 6.92 Å². The molecule has 0 radical (unpaired) electrons.